The third-order valence-electron chi connectivity index (χ3n) is 3.14. The van der Waals surface area contributed by atoms with Gasteiger partial charge in [0.2, 0.25) is 0 Å². The van der Waals surface area contributed by atoms with E-state index in [1.165, 1.54) is 16.0 Å². The maximum atomic E-state index is 5.92. The van der Waals surface area contributed by atoms with Crippen LogP contribution in [0.4, 0.5) is 0 Å². The van der Waals surface area contributed by atoms with E-state index in [1.807, 2.05) is 11.9 Å². The molecule has 2 aromatic carbocycles. The van der Waals surface area contributed by atoms with Gasteiger partial charge in [0.25, 0.3) is 0 Å². The Kier molecular flexibility index (Phi) is 3.59. The third-order valence-corrected chi connectivity index (χ3v) is 4.50. The minimum atomic E-state index is 0.325. The second-order valence-corrected chi connectivity index (χ2v) is 5.74. The van der Waals surface area contributed by atoms with Crippen molar-refractivity contribution in [1.29, 1.82) is 0 Å². The van der Waals surface area contributed by atoms with Crippen molar-refractivity contribution in [3.63, 3.8) is 0 Å². The highest BCUT2D eigenvalue weighted by Crippen LogP contribution is 2.46. The van der Waals surface area contributed by atoms with E-state index >= 15 is 0 Å². The second kappa shape index (κ2) is 5.35. The Balaban J connectivity index is 2.03. The van der Waals surface area contributed by atoms with E-state index in [1.54, 1.807) is 0 Å². The maximum absolute atomic E-state index is 5.92. The number of halogens is 1. The summed E-state index contributed by atoms with van der Waals surface area (Å²) < 4.78 is 2.37. The Hall–Kier alpha value is -0.960. The summed E-state index contributed by atoms with van der Waals surface area (Å²) in [4.78, 5) is 1.34. The average molecular weight is 276 g/mol. The van der Waals surface area contributed by atoms with Gasteiger partial charge in [0, 0.05) is 17.3 Å². The number of alkyl halides is 1. The third kappa shape index (κ3) is 2.16. The molecule has 0 fully saturated rings. The maximum Gasteiger partial charge on any atom is 0.0717 e. The summed E-state index contributed by atoms with van der Waals surface area (Å²) in [6.45, 7) is 0.889. The van der Waals surface area contributed by atoms with Crippen molar-refractivity contribution in [2.45, 2.75) is 10.9 Å². The van der Waals surface area contributed by atoms with Gasteiger partial charge in [-0.05, 0) is 29.1 Å². The first-order chi connectivity index (χ1) is 8.90. The minimum absolute atomic E-state index is 0.325. The molecule has 1 nitrogen and oxygen atoms in total. The van der Waals surface area contributed by atoms with Gasteiger partial charge < -0.3 is 0 Å². The molecule has 1 aliphatic rings. The monoisotopic (exact) mass is 275 g/mol. The molecule has 2 aromatic rings. The summed E-state index contributed by atoms with van der Waals surface area (Å²) in [7, 11) is 0. The molecule has 1 aliphatic heterocycles. The van der Waals surface area contributed by atoms with Crippen molar-refractivity contribution in [3.05, 3.63) is 65.7 Å². The summed E-state index contributed by atoms with van der Waals surface area (Å²) in [6.07, 6.45) is 0. The number of rotatable bonds is 3. The van der Waals surface area contributed by atoms with Crippen molar-refractivity contribution in [3.8, 4) is 0 Å². The Morgan fingerprint density at radius 3 is 2.50 bits per heavy atom. The van der Waals surface area contributed by atoms with E-state index in [0.717, 1.165) is 6.54 Å². The molecule has 3 rings (SSSR count). The van der Waals surface area contributed by atoms with Crippen LogP contribution in [0.5, 0.6) is 0 Å². The van der Waals surface area contributed by atoms with Crippen LogP contribution >= 0.6 is 23.5 Å². The zero-order chi connectivity index (χ0) is 12.4. The van der Waals surface area contributed by atoms with Gasteiger partial charge in [-0.25, -0.2) is 4.31 Å². The quantitative estimate of drug-likeness (QED) is 0.606. The van der Waals surface area contributed by atoms with Crippen molar-refractivity contribution < 1.29 is 0 Å². The fourth-order valence-electron chi connectivity index (χ4n) is 2.36. The first kappa shape index (κ1) is 12.1. The number of benzene rings is 2. The molecule has 18 heavy (non-hydrogen) atoms. The van der Waals surface area contributed by atoms with Crippen LogP contribution in [0.15, 0.2) is 59.5 Å². The van der Waals surface area contributed by atoms with Crippen LogP contribution in [0, 0.1) is 0 Å². The lowest BCUT2D eigenvalue weighted by atomic mass is 9.99. The summed E-state index contributed by atoms with van der Waals surface area (Å²) >= 11 is 7.73. The fourth-order valence-corrected chi connectivity index (χ4v) is 3.85. The Bertz CT molecular complexity index is 529. The summed E-state index contributed by atoms with van der Waals surface area (Å²) in [5, 5.41) is 0. The minimum Gasteiger partial charge on any atom is -0.233 e. The van der Waals surface area contributed by atoms with Crippen LogP contribution in [-0.2, 0) is 0 Å². The molecule has 1 heterocycles. The molecule has 0 radical (unpaired) electrons. The van der Waals surface area contributed by atoms with E-state index in [4.69, 9.17) is 11.6 Å². The second-order valence-electron chi connectivity index (χ2n) is 4.27. The van der Waals surface area contributed by atoms with Crippen molar-refractivity contribution in [1.82, 2.24) is 4.31 Å². The molecule has 92 valence electrons. The van der Waals surface area contributed by atoms with Crippen LogP contribution in [0.25, 0.3) is 0 Å². The molecule has 0 spiro atoms. The summed E-state index contributed by atoms with van der Waals surface area (Å²) in [6, 6.07) is 19.6. The lowest BCUT2D eigenvalue weighted by Gasteiger charge is -2.23. The van der Waals surface area contributed by atoms with Crippen LogP contribution in [0.1, 0.15) is 17.2 Å². The van der Waals surface area contributed by atoms with Crippen LogP contribution in [0.3, 0.4) is 0 Å². The predicted octanol–water partition coefficient (Wildman–Crippen LogP) is 4.34. The van der Waals surface area contributed by atoms with Crippen molar-refractivity contribution in [2.75, 3.05) is 12.4 Å². The Morgan fingerprint density at radius 1 is 1.00 bits per heavy atom. The van der Waals surface area contributed by atoms with E-state index < -0.39 is 0 Å². The molecule has 1 atom stereocenters. The Labute approximate surface area is 117 Å². The van der Waals surface area contributed by atoms with Gasteiger partial charge in [0.1, 0.15) is 0 Å². The zero-order valence-corrected chi connectivity index (χ0v) is 11.5. The zero-order valence-electron chi connectivity index (χ0n) is 9.92. The fraction of sp³-hybridized carbons (Fsp3) is 0.200. The smallest absolute Gasteiger partial charge is 0.0717 e. The normalized spacial score (nSPS) is 18.8. The summed E-state index contributed by atoms with van der Waals surface area (Å²) in [5.74, 6) is 0.657. The lowest BCUT2D eigenvalue weighted by molar-refractivity contribution is 0.440. The standard InChI is InChI=1S/C15H14ClNS/c16-10-11-17-15(12-6-2-1-3-7-12)13-8-4-5-9-14(13)18-17/h1-9,15H,10-11H2. The van der Waals surface area contributed by atoms with Crippen molar-refractivity contribution in [2.24, 2.45) is 0 Å². The van der Waals surface area contributed by atoms with Crippen molar-refractivity contribution >= 4 is 23.5 Å². The summed E-state index contributed by atoms with van der Waals surface area (Å²) in [5.41, 5.74) is 2.72. The molecular weight excluding hydrogens is 262 g/mol. The molecule has 0 saturated carbocycles. The van der Waals surface area contributed by atoms with Gasteiger partial charge >= 0.3 is 0 Å². The van der Waals surface area contributed by atoms with E-state index in [2.05, 4.69) is 58.9 Å². The molecule has 0 amide bonds. The topological polar surface area (TPSA) is 3.24 Å². The van der Waals surface area contributed by atoms with Crippen LogP contribution in [-0.4, -0.2) is 16.7 Å². The molecule has 0 saturated heterocycles. The number of fused-ring (bicyclic) bond motifs is 1. The lowest BCUT2D eigenvalue weighted by Crippen LogP contribution is -2.20. The largest absolute Gasteiger partial charge is 0.233 e. The number of nitrogens with zero attached hydrogens (tertiary/aromatic N) is 1. The predicted molar refractivity (Wildman–Crippen MR) is 78.0 cm³/mol. The molecule has 1 unspecified atom stereocenters. The van der Waals surface area contributed by atoms with Gasteiger partial charge in [-0.3, -0.25) is 0 Å². The molecule has 0 aliphatic carbocycles. The SMILES string of the molecule is ClCCN1Sc2ccccc2C1c1ccccc1. The highest BCUT2D eigenvalue weighted by Gasteiger charge is 2.31. The van der Waals surface area contributed by atoms with Gasteiger partial charge in [0.15, 0.2) is 0 Å². The van der Waals surface area contributed by atoms with Crippen LogP contribution in [0.2, 0.25) is 0 Å². The molecular formula is C15H14ClNS. The highest BCUT2D eigenvalue weighted by atomic mass is 35.5. The van der Waals surface area contributed by atoms with Gasteiger partial charge in [-0.15, -0.1) is 11.6 Å². The van der Waals surface area contributed by atoms with Gasteiger partial charge in [-0.1, -0.05) is 48.5 Å². The van der Waals surface area contributed by atoms with Gasteiger partial charge in [0.05, 0.1) is 6.04 Å². The number of hydrogen-bond acceptors (Lipinski definition) is 2. The average Bonchev–Trinajstić information content (AvgIpc) is 2.78. The van der Waals surface area contributed by atoms with E-state index in [-0.39, 0.29) is 0 Å². The Morgan fingerprint density at radius 2 is 1.72 bits per heavy atom. The number of hydrogen-bond donors (Lipinski definition) is 0. The molecule has 0 aromatic heterocycles. The molecule has 3 heteroatoms. The van der Waals surface area contributed by atoms with Gasteiger partial charge in [-0.2, -0.15) is 0 Å². The van der Waals surface area contributed by atoms with E-state index in [9.17, 15) is 0 Å². The molecule has 0 N–H and O–H groups in total. The molecule has 0 bridgehead atoms. The highest BCUT2D eigenvalue weighted by molar-refractivity contribution is 7.97. The van der Waals surface area contributed by atoms with E-state index in [0.29, 0.717) is 11.9 Å². The first-order valence-corrected chi connectivity index (χ1v) is 7.35. The van der Waals surface area contributed by atoms with Crippen LogP contribution < -0.4 is 0 Å². The first-order valence-electron chi connectivity index (χ1n) is 6.04.